The third kappa shape index (κ3) is 15.3. The van der Waals surface area contributed by atoms with Crippen LogP contribution in [-0.2, 0) is 98.4 Å². The van der Waals surface area contributed by atoms with Crippen molar-refractivity contribution in [3.05, 3.63) is 251 Å². The van der Waals surface area contributed by atoms with Gasteiger partial charge in [-0.05, 0) is 38.9 Å². The monoisotopic (exact) mass is 986 g/mol. The molecule has 0 aliphatic carbocycles. The maximum Gasteiger partial charge on any atom is 0.187 e. The van der Waals surface area contributed by atoms with Gasteiger partial charge in [0.1, 0.15) is 48.8 Å². The minimum Gasteiger partial charge on any atom is -0.374 e. The van der Waals surface area contributed by atoms with Crippen molar-refractivity contribution in [3.63, 3.8) is 0 Å². The van der Waals surface area contributed by atoms with E-state index in [1.807, 2.05) is 212 Å². The topological polar surface area (TPSA) is 102 Å². The molecule has 0 spiro atoms. The van der Waals surface area contributed by atoms with Crippen LogP contribution in [0.4, 0.5) is 0 Å². The van der Waals surface area contributed by atoms with E-state index in [9.17, 15) is 0 Å². The summed E-state index contributed by atoms with van der Waals surface area (Å²) in [5.74, 6) is 0. The van der Waals surface area contributed by atoms with Crippen LogP contribution in [0.3, 0.4) is 0 Å². The molecule has 10 atom stereocenters. The van der Waals surface area contributed by atoms with Crippen molar-refractivity contribution < 1.29 is 52.1 Å². The lowest BCUT2D eigenvalue weighted by molar-refractivity contribution is -0.376. The summed E-state index contributed by atoms with van der Waals surface area (Å²) in [6.45, 7) is 2.27. The van der Waals surface area contributed by atoms with Crippen LogP contribution in [0.15, 0.2) is 212 Å². The highest BCUT2D eigenvalue weighted by molar-refractivity contribution is 5.19. The van der Waals surface area contributed by atoms with Gasteiger partial charge in [-0.2, -0.15) is 0 Å². The molecule has 2 aliphatic heterocycles. The molecular formula is C62H66O11. The molecule has 0 aromatic heterocycles. The first-order chi connectivity index (χ1) is 36.2. The number of benzene rings is 7. The molecule has 7 aromatic rings. The van der Waals surface area contributed by atoms with Crippen LogP contribution in [-0.4, -0.2) is 81.7 Å². The van der Waals surface area contributed by atoms with Crippen molar-refractivity contribution in [2.24, 2.45) is 0 Å². The van der Waals surface area contributed by atoms with Crippen LogP contribution in [0.5, 0.6) is 0 Å². The molecule has 0 amide bonds. The van der Waals surface area contributed by atoms with Crippen molar-refractivity contribution in [2.45, 2.75) is 108 Å². The van der Waals surface area contributed by atoms with E-state index in [0.717, 1.165) is 38.9 Å². The summed E-state index contributed by atoms with van der Waals surface area (Å²) in [6, 6.07) is 70.4. The van der Waals surface area contributed by atoms with Gasteiger partial charge in [-0.1, -0.05) is 212 Å². The van der Waals surface area contributed by atoms with E-state index in [1.165, 1.54) is 0 Å². The third-order valence-electron chi connectivity index (χ3n) is 12.9. The molecule has 0 saturated carbocycles. The average Bonchev–Trinajstić information content (AvgIpc) is 3.45. The lowest BCUT2D eigenvalue weighted by Crippen LogP contribution is -2.66. The van der Waals surface area contributed by atoms with E-state index >= 15 is 0 Å². The van der Waals surface area contributed by atoms with E-state index in [1.54, 1.807) is 7.11 Å². The Labute approximate surface area is 429 Å². The maximum absolute atomic E-state index is 7.51. The highest BCUT2D eigenvalue weighted by Gasteiger charge is 2.54. The highest BCUT2D eigenvalue weighted by atomic mass is 16.8. The first-order valence-electron chi connectivity index (χ1n) is 25.2. The van der Waals surface area contributed by atoms with Crippen LogP contribution >= 0.6 is 0 Å². The number of ether oxygens (including phenoxy) is 11. The highest BCUT2D eigenvalue weighted by Crippen LogP contribution is 2.37. The zero-order valence-electron chi connectivity index (χ0n) is 41.3. The predicted octanol–water partition coefficient (Wildman–Crippen LogP) is 10.8. The maximum atomic E-state index is 7.51. The summed E-state index contributed by atoms with van der Waals surface area (Å²) < 4.78 is 75.9. The molecule has 0 bridgehead atoms. The molecule has 1 unspecified atom stereocenters. The fraction of sp³-hybridized carbons (Fsp3) is 0.323. The fourth-order valence-corrected chi connectivity index (χ4v) is 9.14. The van der Waals surface area contributed by atoms with Crippen molar-refractivity contribution in [1.29, 1.82) is 0 Å². The van der Waals surface area contributed by atoms with Gasteiger partial charge in [0, 0.05) is 7.11 Å². The lowest BCUT2D eigenvalue weighted by atomic mass is 9.95. The van der Waals surface area contributed by atoms with Gasteiger partial charge >= 0.3 is 0 Å². The predicted molar refractivity (Wildman–Crippen MR) is 276 cm³/mol. The molecule has 2 saturated heterocycles. The van der Waals surface area contributed by atoms with Crippen molar-refractivity contribution in [1.82, 2.24) is 0 Å². The zero-order valence-corrected chi connectivity index (χ0v) is 41.3. The Kier molecular flexibility index (Phi) is 19.9. The molecule has 9 rings (SSSR count). The van der Waals surface area contributed by atoms with Crippen molar-refractivity contribution in [3.8, 4) is 0 Å². The van der Waals surface area contributed by atoms with Gasteiger partial charge in [-0.3, -0.25) is 0 Å². The summed E-state index contributed by atoms with van der Waals surface area (Å²) in [5.41, 5.74) is 6.95. The summed E-state index contributed by atoms with van der Waals surface area (Å²) in [7, 11) is 1.61. The van der Waals surface area contributed by atoms with E-state index in [2.05, 4.69) is 0 Å². The molecule has 73 heavy (non-hydrogen) atoms. The fourth-order valence-electron chi connectivity index (χ4n) is 9.14. The molecule has 11 heteroatoms. The van der Waals surface area contributed by atoms with Crippen LogP contribution in [0.2, 0.25) is 0 Å². The molecule has 2 heterocycles. The number of rotatable bonds is 26. The third-order valence-corrected chi connectivity index (χ3v) is 12.9. The minimum atomic E-state index is -1.09. The first-order valence-corrected chi connectivity index (χ1v) is 25.2. The van der Waals surface area contributed by atoms with Gasteiger partial charge in [0.2, 0.25) is 0 Å². The largest absolute Gasteiger partial charge is 0.374 e. The summed E-state index contributed by atoms with van der Waals surface area (Å²) in [6.07, 6.45) is -8.10. The standard InChI is InChI=1S/C62H66O11/c1-63-61-59(69-42-51-33-19-7-20-34-51)58(68-41-50-31-17-6-18-32-50)56(54(71-61)45-65-38-47-25-11-3-12-26-47)73-62-60(70-43-52-35-21-8-22-36-52)57(67-40-49-29-15-5-16-30-49)55(66-39-48-27-13-4-14-28-48)53(72-62)44-64-37-46-23-9-2-10-24-46/h2-36,53-62H,37-45H2,1H3/t53-,54-,55-,56-,57+,58+,59-,60-,61+,62?/m1/s1. The van der Waals surface area contributed by atoms with Gasteiger partial charge in [0.15, 0.2) is 12.6 Å². The van der Waals surface area contributed by atoms with Crippen LogP contribution < -0.4 is 0 Å². The second-order valence-corrected chi connectivity index (χ2v) is 18.2. The molecule has 2 fully saturated rings. The Hall–Kier alpha value is -5.90. The number of methoxy groups -OCH3 is 1. The minimum absolute atomic E-state index is 0.124. The smallest absolute Gasteiger partial charge is 0.187 e. The lowest BCUT2D eigenvalue weighted by Gasteiger charge is -2.50. The number of hydrogen-bond acceptors (Lipinski definition) is 11. The van der Waals surface area contributed by atoms with Gasteiger partial charge in [0.05, 0.1) is 59.5 Å². The Balaban J connectivity index is 1.11. The van der Waals surface area contributed by atoms with Gasteiger partial charge in [-0.25, -0.2) is 0 Å². The SMILES string of the molecule is CO[C@H]1O[C@H](COCc2ccccc2)[C@@H](OC2O[C@H](COCc3ccccc3)[C@@H](OCc3ccccc3)[C@H](OCc3ccccc3)[C@H]2OCc2ccccc2)[C@H](OCc2ccccc2)[C@H]1OCc1ccccc1. The summed E-state index contributed by atoms with van der Waals surface area (Å²) in [4.78, 5) is 0. The second-order valence-electron chi connectivity index (χ2n) is 18.2. The quantitative estimate of drug-likeness (QED) is 0.0518. The molecule has 0 N–H and O–H groups in total. The zero-order chi connectivity index (χ0) is 49.7. The van der Waals surface area contributed by atoms with Gasteiger partial charge < -0.3 is 52.1 Å². The van der Waals surface area contributed by atoms with E-state index in [-0.39, 0.29) is 46.2 Å². The van der Waals surface area contributed by atoms with E-state index in [0.29, 0.717) is 13.2 Å². The average molecular weight is 987 g/mol. The molecule has 0 radical (unpaired) electrons. The molecule has 2 aliphatic rings. The Bertz CT molecular complexity index is 2560. The molecule has 11 nitrogen and oxygen atoms in total. The van der Waals surface area contributed by atoms with E-state index < -0.39 is 61.4 Å². The Morgan fingerprint density at radius 2 is 0.548 bits per heavy atom. The molecular weight excluding hydrogens is 921 g/mol. The Morgan fingerprint density at radius 1 is 0.288 bits per heavy atom. The van der Waals surface area contributed by atoms with E-state index in [4.69, 9.17) is 52.1 Å². The first kappa shape index (κ1) is 52.0. The molecule has 380 valence electrons. The van der Waals surface area contributed by atoms with Gasteiger partial charge in [-0.15, -0.1) is 0 Å². The van der Waals surface area contributed by atoms with Crippen LogP contribution in [0.1, 0.15) is 38.9 Å². The van der Waals surface area contributed by atoms with Crippen molar-refractivity contribution >= 4 is 0 Å². The normalized spacial score (nSPS) is 24.0. The second kappa shape index (κ2) is 28.0. The summed E-state index contributed by atoms with van der Waals surface area (Å²) >= 11 is 0. The van der Waals surface area contributed by atoms with Gasteiger partial charge in [0.25, 0.3) is 0 Å². The molecule has 7 aromatic carbocycles. The Morgan fingerprint density at radius 3 is 0.890 bits per heavy atom. The van der Waals surface area contributed by atoms with Crippen LogP contribution in [0.25, 0.3) is 0 Å². The number of hydrogen-bond donors (Lipinski definition) is 0. The summed E-state index contributed by atoms with van der Waals surface area (Å²) in [5, 5.41) is 0. The van der Waals surface area contributed by atoms with Crippen molar-refractivity contribution in [2.75, 3.05) is 20.3 Å². The van der Waals surface area contributed by atoms with Crippen LogP contribution in [0, 0.1) is 0 Å².